The number of hydrogen-bond donors (Lipinski definition) is 1. The molecule has 1 aliphatic rings. The van der Waals surface area contributed by atoms with Gasteiger partial charge in [0.25, 0.3) is 0 Å². The smallest absolute Gasteiger partial charge is 0.147 e. The van der Waals surface area contributed by atoms with Gasteiger partial charge in [-0.15, -0.1) is 10.2 Å². The van der Waals surface area contributed by atoms with Crippen molar-refractivity contribution >= 4 is 5.82 Å². The van der Waals surface area contributed by atoms with Gasteiger partial charge in [-0.05, 0) is 17.7 Å². The average molecular weight is 230 g/mol. The molecule has 0 unspecified atom stereocenters. The van der Waals surface area contributed by atoms with E-state index in [4.69, 9.17) is 5.73 Å². The zero-order valence-electron chi connectivity index (χ0n) is 9.45. The number of pyridine rings is 1. The molecule has 2 N–H and O–H groups in total. The summed E-state index contributed by atoms with van der Waals surface area (Å²) in [4.78, 5) is 6.33. The molecule has 0 saturated heterocycles. The Morgan fingerprint density at radius 3 is 3.18 bits per heavy atom. The molecule has 0 spiro atoms. The molecule has 2 aromatic rings. The minimum Gasteiger partial charge on any atom is -0.384 e. The molecule has 3 rings (SSSR count). The molecular weight excluding hydrogens is 216 g/mol. The van der Waals surface area contributed by atoms with Crippen LogP contribution in [0.5, 0.6) is 0 Å². The van der Waals surface area contributed by atoms with Gasteiger partial charge in [-0.1, -0.05) is 0 Å². The molecule has 0 saturated carbocycles. The van der Waals surface area contributed by atoms with Crippen LogP contribution in [-0.2, 0) is 19.6 Å². The molecule has 17 heavy (non-hydrogen) atoms. The second kappa shape index (κ2) is 4.14. The standard InChI is InChI=1S/C11H14N6/c12-10-5-9(1-2-13-10)6-16-3-4-17-8-14-15-11(17)7-16/h1-2,5,8H,3-4,6-7H2,(H2,12,13). The van der Waals surface area contributed by atoms with Crippen LogP contribution in [0.25, 0.3) is 0 Å². The van der Waals surface area contributed by atoms with Crippen LogP contribution >= 0.6 is 0 Å². The number of nitrogens with two attached hydrogens (primary N) is 1. The first-order chi connectivity index (χ1) is 8.31. The highest BCUT2D eigenvalue weighted by Gasteiger charge is 2.17. The van der Waals surface area contributed by atoms with E-state index in [2.05, 4.69) is 24.6 Å². The molecule has 6 nitrogen and oxygen atoms in total. The Hall–Kier alpha value is -1.95. The maximum absolute atomic E-state index is 5.67. The highest BCUT2D eigenvalue weighted by Crippen LogP contribution is 2.13. The number of hydrogen-bond acceptors (Lipinski definition) is 5. The molecule has 0 atom stereocenters. The van der Waals surface area contributed by atoms with Crippen molar-refractivity contribution in [3.8, 4) is 0 Å². The number of rotatable bonds is 2. The Bertz CT molecular complexity index is 520. The Kier molecular flexibility index (Phi) is 2.49. The zero-order valence-corrected chi connectivity index (χ0v) is 9.45. The summed E-state index contributed by atoms with van der Waals surface area (Å²) in [5.74, 6) is 1.60. The lowest BCUT2D eigenvalue weighted by Gasteiger charge is -2.26. The normalized spacial score (nSPS) is 15.8. The molecule has 88 valence electrons. The molecular formula is C11H14N6. The van der Waals surface area contributed by atoms with Crippen molar-refractivity contribution in [2.24, 2.45) is 0 Å². The lowest BCUT2D eigenvalue weighted by atomic mass is 10.2. The van der Waals surface area contributed by atoms with Crippen molar-refractivity contribution in [2.75, 3.05) is 12.3 Å². The Morgan fingerprint density at radius 1 is 1.35 bits per heavy atom. The molecule has 6 heteroatoms. The monoisotopic (exact) mass is 230 g/mol. The van der Waals surface area contributed by atoms with Gasteiger partial charge in [-0.3, -0.25) is 4.90 Å². The number of fused-ring (bicyclic) bond motifs is 1. The zero-order chi connectivity index (χ0) is 11.7. The van der Waals surface area contributed by atoms with Crippen molar-refractivity contribution in [1.29, 1.82) is 0 Å². The predicted octanol–water partition coefficient (Wildman–Crippen LogP) is 0.271. The van der Waals surface area contributed by atoms with E-state index in [1.807, 2.05) is 12.1 Å². The van der Waals surface area contributed by atoms with Crippen molar-refractivity contribution < 1.29 is 0 Å². The summed E-state index contributed by atoms with van der Waals surface area (Å²) in [6, 6.07) is 3.91. The van der Waals surface area contributed by atoms with E-state index in [9.17, 15) is 0 Å². The summed E-state index contributed by atoms with van der Waals surface area (Å²) in [7, 11) is 0. The Balaban J connectivity index is 1.72. The Labute approximate surface area is 99.1 Å². The van der Waals surface area contributed by atoms with Crippen LogP contribution in [-0.4, -0.2) is 31.2 Å². The number of nitrogen functional groups attached to an aromatic ring is 1. The van der Waals surface area contributed by atoms with E-state index < -0.39 is 0 Å². The molecule has 0 bridgehead atoms. The van der Waals surface area contributed by atoms with Crippen LogP contribution in [0.4, 0.5) is 5.82 Å². The van der Waals surface area contributed by atoms with E-state index in [1.165, 1.54) is 5.56 Å². The highest BCUT2D eigenvalue weighted by atomic mass is 15.3. The molecule has 0 fully saturated rings. The van der Waals surface area contributed by atoms with Crippen molar-refractivity contribution in [3.05, 3.63) is 36.0 Å². The van der Waals surface area contributed by atoms with Gasteiger partial charge in [0.2, 0.25) is 0 Å². The summed E-state index contributed by atoms with van der Waals surface area (Å²) >= 11 is 0. The van der Waals surface area contributed by atoms with Crippen LogP contribution in [0.3, 0.4) is 0 Å². The SMILES string of the molecule is Nc1cc(CN2CCn3cnnc3C2)ccn1. The minimum atomic E-state index is 0.572. The van der Waals surface area contributed by atoms with Crippen LogP contribution in [0.1, 0.15) is 11.4 Å². The van der Waals surface area contributed by atoms with Crippen LogP contribution in [0.2, 0.25) is 0 Å². The first-order valence-corrected chi connectivity index (χ1v) is 5.61. The van der Waals surface area contributed by atoms with Gasteiger partial charge in [0.1, 0.15) is 18.0 Å². The highest BCUT2D eigenvalue weighted by molar-refractivity contribution is 5.31. The minimum absolute atomic E-state index is 0.572. The second-order valence-corrected chi connectivity index (χ2v) is 4.24. The molecule has 0 aromatic carbocycles. The molecule has 1 aliphatic heterocycles. The third kappa shape index (κ3) is 2.12. The van der Waals surface area contributed by atoms with Crippen molar-refractivity contribution in [1.82, 2.24) is 24.6 Å². The number of aromatic nitrogens is 4. The van der Waals surface area contributed by atoms with Crippen LogP contribution in [0, 0.1) is 0 Å². The maximum Gasteiger partial charge on any atom is 0.147 e. The van der Waals surface area contributed by atoms with Crippen LogP contribution in [0.15, 0.2) is 24.7 Å². The van der Waals surface area contributed by atoms with E-state index in [1.54, 1.807) is 12.5 Å². The first kappa shape index (κ1) is 10.2. The fourth-order valence-electron chi connectivity index (χ4n) is 2.10. The van der Waals surface area contributed by atoms with Crippen molar-refractivity contribution in [2.45, 2.75) is 19.6 Å². The third-order valence-corrected chi connectivity index (χ3v) is 2.97. The average Bonchev–Trinajstić information content (AvgIpc) is 2.76. The maximum atomic E-state index is 5.67. The van der Waals surface area contributed by atoms with Crippen molar-refractivity contribution in [3.63, 3.8) is 0 Å². The lowest BCUT2D eigenvalue weighted by Crippen LogP contribution is -2.33. The van der Waals surface area contributed by atoms with Gasteiger partial charge >= 0.3 is 0 Å². The lowest BCUT2D eigenvalue weighted by molar-refractivity contribution is 0.209. The van der Waals surface area contributed by atoms with Gasteiger partial charge in [0, 0.05) is 25.8 Å². The van der Waals surface area contributed by atoms with Gasteiger partial charge in [-0.25, -0.2) is 4.98 Å². The molecule has 3 heterocycles. The summed E-state index contributed by atoms with van der Waals surface area (Å²) in [6.07, 6.45) is 3.54. The first-order valence-electron chi connectivity index (χ1n) is 5.61. The third-order valence-electron chi connectivity index (χ3n) is 2.97. The van der Waals surface area contributed by atoms with Gasteiger partial charge < -0.3 is 10.3 Å². The van der Waals surface area contributed by atoms with E-state index >= 15 is 0 Å². The largest absolute Gasteiger partial charge is 0.384 e. The second-order valence-electron chi connectivity index (χ2n) is 4.24. The molecule has 0 radical (unpaired) electrons. The number of anilines is 1. The fraction of sp³-hybridized carbons (Fsp3) is 0.364. The van der Waals surface area contributed by atoms with Gasteiger partial charge in [0.05, 0.1) is 6.54 Å². The summed E-state index contributed by atoms with van der Waals surface area (Å²) in [5.41, 5.74) is 6.85. The summed E-state index contributed by atoms with van der Waals surface area (Å²) in [5, 5.41) is 8.02. The van der Waals surface area contributed by atoms with Gasteiger partial charge in [-0.2, -0.15) is 0 Å². The predicted molar refractivity (Wildman–Crippen MR) is 62.8 cm³/mol. The topological polar surface area (TPSA) is 72.9 Å². The number of nitrogens with zero attached hydrogens (tertiary/aromatic N) is 5. The van der Waals surface area contributed by atoms with E-state index in [0.717, 1.165) is 32.0 Å². The Morgan fingerprint density at radius 2 is 2.29 bits per heavy atom. The fourth-order valence-corrected chi connectivity index (χ4v) is 2.10. The molecule has 0 aliphatic carbocycles. The molecule has 2 aromatic heterocycles. The van der Waals surface area contributed by atoms with E-state index in [0.29, 0.717) is 5.82 Å². The van der Waals surface area contributed by atoms with Gasteiger partial charge in [0.15, 0.2) is 0 Å². The quantitative estimate of drug-likeness (QED) is 0.801. The summed E-state index contributed by atoms with van der Waals surface area (Å²) in [6.45, 7) is 3.66. The van der Waals surface area contributed by atoms with Crippen LogP contribution < -0.4 is 5.73 Å². The molecule has 0 amide bonds. The van der Waals surface area contributed by atoms with E-state index in [-0.39, 0.29) is 0 Å². The summed E-state index contributed by atoms with van der Waals surface area (Å²) < 4.78 is 2.09.